The van der Waals surface area contributed by atoms with E-state index in [9.17, 15) is 0 Å². The first-order valence-corrected chi connectivity index (χ1v) is 7.03. The SMILES string of the molecule is Cc1cc(CNCC(c2ccco2)N(C)C)c(C)n1C. The summed E-state index contributed by atoms with van der Waals surface area (Å²) in [5, 5.41) is 3.54. The van der Waals surface area contributed by atoms with E-state index in [0.717, 1.165) is 18.8 Å². The first kappa shape index (κ1) is 14.9. The second kappa shape index (κ2) is 6.29. The van der Waals surface area contributed by atoms with Crippen molar-refractivity contribution in [3.05, 3.63) is 47.2 Å². The summed E-state index contributed by atoms with van der Waals surface area (Å²) >= 11 is 0. The van der Waals surface area contributed by atoms with Gasteiger partial charge >= 0.3 is 0 Å². The molecule has 1 atom stereocenters. The zero-order valence-electron chi connectivity index (χ0n) is 13.1. The maximum absolute atomic E-state index is 5.52. The molecular formula is C16H25N3O. The van der Waals surface area contributed by atoms with Gasteiger partial charge in [-0.25, -0.2) is 0 Å². The fourth-order valence-corrected chi connectivity index (χ4v) is 2.47. The Kier molecular flexibility index (Phi) is 4.68. The lowest BCUT2D eigenvalue weighted by molar-refractivity contribution is 0.250. The average molecular weight is 275 g/mol. The summed E-state index contributed by atoms with van der Waals surface area (Å²) in [7, 11) is 6.26. The van der Waals surface area contributed by atoms with E-state index in [1.165, 1.54) is 17.0 Å². The Morgan fingerprint density at radius 1 is 1.35 bits per heavy atom. The lowest BCUT2D eigenvalue weighted by Crippen LogP contribution is -2.30. The van der Waals surface area contributed by atoms with Crippen LogP contribution in [0, 0.1) is 13.8 Å². The molecule has 0 spiro atoms. The molecule has 0 aliphatic carbocycles. The fraction of sp³-hybridized carbons (Fsp3) is 0.500. The van der Waals surface area contributed by atoms with Crippen LogP contribution in [-0.2, 0) is 13.6 Å². The first-order valence-electron chi connectivity index (χ1n) is 7.03. The minimum atomic E-state index is 0.259. The van der Waals surface area contributed by atoms with Gasteiger partial charge < -0.3 is 14.3 Å². The lowest BCUT2D eigenvalue weighted by Gasteiger charge is -2.22. The third-order valence-electron chi connectivity index (χ3n) is 4.03. The maximum atomic E-state index is 5.52. The highest BCUT2D eigenvalue weighted by Gasteiger charge is 2.16. The first-order chi connectivity index (χ1) is 9.50. The quantitative estimate of drug-likeness (QED) is 0.880. The van der Waals surface area contributed by atoms with Crippen molar-refractivity contribution in [2.24, 2.45) is 7.05 Å². The number of nitrogens with zero attached hydrogens (tertiary/aromatic N) is 2. The molecule has 1 N–H and O–H groups in total. The van der Waals surface area contributed by atoms with E-state index in [1.54, 1.807) is 6.26 Å². The van der Waals surface area contributed by atoms with Crippen molar-refractivity contribution >= 4 is 0 Å². The molecule has 2 rings (SSSR count). The van der Waals surface area contributed by atoms with E-state index in [1.807, 2.05) is 12.1 Å². The van der Waals surface area contributed by atoms with E-state index in [2.05, 4.69) is 55.8 Å². The number of aromatic nitrogens is 1. The second-order valence-electron chi connectivity index (χ2n) is 5.58. The van der Waals surface area contributed by atoms with Crippen molar-refractivity contribution in [3.8, 4) is 0 Å². The van der Waals surface area contributed by atoms with Crippen LogP contribution in [0.3, 0.4) is 0 Å². The molecule has 4 heteroatoms. The van der Waals surface area contributed by atoms with Crippen molar-refractivity contribution in [1.82, 2.24) is 14.8 Å². The van der Waals surface area contributed by atoms with Crippen molar-refractivity contribution < 1.29 is 4.42 Å². The largest absolute Gasteiger partial charge is 0.468 e. The summed E-state index contributed by atoms with van der Waals surface area (Å²) in [4.78, 5) is 2.18. The van der Waals surface area contributed by atoms with Gasteiger partial charge in [0.15, 0.2) is 0 Å². The molecule has 0 bridgehead atoms. The number of hydrogen-bond acceptors (Lipinski definition) is 3. The Morgan fingerprint density at radius 2 is 2.10 bits per heavy atom. The summed E-state index contributed by atoms with van der Waals surface area (Å²) in [6, 6.07) is 6.48. The van der Waals surface area contributed by atoms with Crippen LogP contribution in [0.4, 0.5) is 0 Å². The highest BCUT2D eigenvalue weighted by molar-refractivity contribution is 5.26. The minimum absolute atomic E-state index is 0.259. The topological polar surface area (TPSA) is 33.3 Å². The van der Waals surface area contributed by atoms with E-state index in [0.29, 0.717) is 0 Å². The standard InChI is InChI=1S/C16H25N3O/c1-12-9-14(13(2)19(12)5)10-17-11-15(18(3)4)16-7-6-8-20-16/h6-9,15,17H,10-11H2,1-5H3. The number of hydrogen-bond donors (Lipinski definition) is 1. The smallest absolute Gasteiger partial charge is 0.122 e. The van der Waals surface area contributed by atoms with Crippen molar-refractivity contribution in [2.75, 3.05) is 20.6 Å². The predicted molar refractivity (Wildman–Crippen MR) is 81.7 cm³/mol. The zero-order chi connectivity index (χ0) is 14.7. The van der Waals surface area contributed by atoms with Gasteiger partial charge in [-0.05, 0) is 51.7 Å². The van der Waals surface area contributed by atoms with Crippen molar-refractivity contribution in [3.63, 3.8) is 0 Å². The minimum Gasteiger partial charge on any atom is -0.468 e. The number of likely N-dealkylation sites (N-methyl/N-ethyl adjacent to an activating group) is 1. The zero-order valence-corrected chi connectivity index (χ0v) is 13.1. The number of nitrogens with one attached hydrogen (secondary N) is 1. The predicted octanol–water partition coefficient (Wildman–Crippen LogP) is 2.63. The summed E-state index contributed by atoms with van der Waals surface area (Å²) in [6.45, 7) is 6.06. The van der Waals surface area contributed by atoms with Gasteiger partial charge in [-0.15, -0.1) is 0 Å². The maximum Gasteiger partial charge on any atom is 0.122 e. The van der Waals surface area contributed by atoms with E-state index < -0.39 is 0 Å². The molecule has 0 aromatic carbocycles. The van der Waals surface area contributed by atoms with Gasteiger partial charge in [0.05, 0.1) is 12.3 Å². The molecule has 2 heterocycles. The molecule has 0 saturated heterocycles. The third kappa shape index (κ3) is 3.14. The summed E-state index contributed by atoms with van der Waals surface area (Å²) in [5.41, 5.74) is 3.99. The molecule has 0 saturated carbocycles. The molecule has 2 aromatic rings. The van der Waals surface area contributed by atoms with E-state index >= 15 is 0 Å². The van der Waals surface area contributed by atoms with Crippen LogP contribution in [0.25, 0.3) is 0 Å². The van der Waals surface area contributed by atoms with Crippen LogP contribution in [0.15, 0.2) is 28.9 Å². The van der Waals surface area contributed by atoms with Crippen LogP contribution in [-0.4, -0.2) is 30.1 Å². The third-order valence-corrected chi connectivity index (χ3v) is 4.03. The number of furan rings is 1. The molecule has 0 aliphatic rings. The van der Waals surface area contributed by atoms with Gasteiger partial charge in [0.2, 0.25) is 0 Å². The average Bonchev–Trinajstić information content (AvgIpc) is 3.00. The Morgan fingerprint density at radius 3 is 2.60 bits per heavy atom. The van der Waals surface area contributed by atoms with Gasteiger partial charge in [-0.1, -0.05) is 0 Å². The van der Waals surface area contributed by atoms with Gasteiger partial charge in [0, 0.05) is 31.5 Å². The van der Waals surface area contributed by atoms with Gasteiger partial charge in [0.25, 0.3) is 0 Å². The normalized spacial score (nSPS) is 13.1. The van der Waals surface area contributed by atoms with Crippen molar-refractivity contribution in [1.29, 1.82) is 0 Å². The molecule has 0 fully saturated rings. The van der Waals surface area contributed by atoms with Gasteiger partial charge in [-0.2, -0.15) is 0 Å². The van der Waals surface area contributed by atoms with Crippen LogP contribution >= 0.6 is 0 Å². The fourth-order valence-electron chi connectivity index (χ4n) is 2.47. The number of rotatable bonds is 6. The van der Waals surface area contributed by atoms with E-state index in [-0.39, 0.29) is 6.04 Å². The summed E-state index contributed by atoms with van der Waals surface area (Å²) in [6.07, 6.45) is 1.73. The molecule has 0 radical (unpaired) electrons. The van der Waals surface area contributed by atoms with Crippen LogP contribution < -0.4 is 5.32 Å². The van der Waals surface area contributed by atoms with Gasteiger partial charge in [-0.3, -0.25) is 4.90 Å². The molecule has 2 aromatic heterocycles. The Labute approximate surface area is 121 Å². The molecule has 110 valence electrons. The molecule has 4 nitrogen and oxygen atoms in total. The Hall–Kier alpha value is -1.52. The molecular weight excluding hydrogens is 250 g/mol. The highest BCUT2D eigenvalue weighted by Crippen LogP contribution is 2.18. The second-order valence-corrected chi connectivity index (χ2v) is 5.58. The Bertz CT molecular complexity index is 540. The molecule has 0 aliphatic heterocycles. The number of aryl methyl sites for hydroxylation is 1. The molecule has 0 amide bonds. The van der Waals surface area contributed by atoms with Crippen LogP contribution in [0.1, 0.15) is 28.8 Å². The highest BCUT2D eigenvalue weighted by atomic mass is 16.3. The summed E-state index contributed by atoms with van der Waals surface area (Å²) in [5.74, 6) is 1.00. The molecule has 20 heavy (non-hydrogen) atoms. The molecule has 1 unspecified atom stereocenters. The van der Waals surface area contributed by atoms with Crippen LogP contribution in [0.5, 0.6) is 0 Å². The van der Waals surface area contributed by atoms with Crippen molar-refractivity contribution in [2.45, 2.75) is 26.4 Å². The monoisotopic (exact) mass is 275 g/mol. The summed E-state index contributed by atoms with van der Waals surface area (Å²) < 4.78 is 7.75. The van der Waals surface area contributed by atoms with Crippen LogP contribution in [0.2, 0.25) is 0 Å². The Balaban J connectivity index is 1.95. The lowest BCUT2D eigenvalue weighted by atomic mass is 10.2. The van der Waals surface area contributed by atoms with E-state index in [4.69, 9.17) is 4.42 Å². The van der Waals surface area contributed by atoms with Gasteiger partial charge in [0.1, 0.15) is 5.76 Å².